The van der Waals surface area contributed by atoms with Crippen LogP contribution in [0.15, 0.2) is 0 Å². The van der Waals surface area contributed by atoms with Gasteiger partial charge in [-0.3, -0.25) is 4.79 Å². The summed E-state index contributed by atoms with van der Waals surface area (Å²) in [7, 11) is 0. The SMILES string of the molecule is CCCNC(C)(CCN1CC2CCCC2C1)C(=O)OCC. The zero-order valence-corrected chi connectivity index (χ0v) is 14.0. The van der Waals surface area contributed by atoms with E-state index in [1.807, 2.05) is 13.8 Å². The van der Waals surface area contributed by atoms with Crippen LogP contribution in [-0.4, -0.2) is 49.2 Å². The smallest absolute Gasteiger partial charge is 0.326 e. The molecular weight excluding hydrogens is 264 g/mol. The van der Waals surface area contributed by atoms with Crippen molar-refractivity contribution in [2.75, 3.05) is 32.8 Å². The normalized spacial score (nSPS) is 28.3. The lowest BCUT2D eigenvalue weighted by Gasteiger charge is -2.30. The van der Waals surface area contributed by atoms with Crippen LogP contribution in [0.5, 0.6) is 0 Å². The average Bonchev–Trinajstić information content (AvgIpc) is 3.04. The van der Waals surface area contributed by atoms with Crippen molar-refractivity contribution in [2.45, 2.75) is 58.4 Å². The molecule has 3 atom stereocenters. The van der Waals surface area contributed by atoms with Crippen molar-refractivity contribution >= 4 is 5.97 Å². The molecule has 1 saturated heterocycles. The molecule has 0 aromatic carbocycles. The van der Waals surface area contributed by atoms with E-state index < -0.39 is 5.54 Å². The Morgan fingerprint density at radius 1 is 1.29 bits per heavy atom. The molecule has 4 nitrogen and oxygen atoms in total. The third-order valence-electron chi connectivity index (χ3n) is 5.22. The van der Waals surface area contributed by atoms with Crippen LogP contribution in [0.3, 0.4) is 0 Å². The van der Waals surface area contributed by atoms with Gasteiger partial charge in [-0.2, -0.15) is 0 Å². The molecule has 0 spiro atoms. The van der Waals surface area contributed by atoms with E-state index in [4.69, 9.17) is 4.74 Å². The topological polar surface area (TPSA) is 41.6 Å². The minimum atomic E-state index is -0.538. The molecule has 3 unspecified atom stereocenters. The quantitative estimate of drug-likeness (QED) is 0.699. The van der Waals surface area contributed by atoms with Crippen LogP contribution in [0.2, 0.25) is 0 Å². The van der Waals surface area contributed by atoms with Crippen LogP contribution < -0.4 is 5.32 Å². The second-order valence-electron chi connectivity index (χ2n) is 6.94. The van der Waals surface area contributed by atoms with E-state index in [1.54, 1.807) is 0 Å². The predicted octanol–water partition coefficient (Wildman–Crippen LogP) is 2.43. The maximum Gasteiger partial charge on any atom is 0.326 e. The van der Waals surface area contributed by atoms with E-state index in [-0.39, 0.29) is 5.97 Å². The third-order valence-corrected chi connectivity index (χ3v) is 5.22. The van der Waals surface area contributed by atoms with E-state index in [0.29, 0.717) is 6.61 Å². The van der Waals surface area contributed by atoms with Crippen LogP contribution in [0.25, 0.3) is 0 Å². The Labute approximate surface area is 129 Å². The van der Waals surface area contributed by atoms with Gasteiger partial charge in [0.25, 0.3) is 0 Å². The van der Waals surface area contributed by atoms with Gasteiger partial charge in [0.15, 0.2) is 0 Å². The van der Waals surface area contributed by atoms with E-state index >= 15 is 0 Å². The first-order valence-corrected chi connectivity index (χ1v) is 8.73. The van der Waals surface area contributed by atoms with Crippen molar-refractivity contribution in [1.82, 2.24) is 10.2 Å². The molecule has 2 aliphatic rings. The number of rotatable bonds is 8. The maximum atomic E-state index is 12.3. The summed E-state index contributed by atoms with van der Waals surface area (Å²) in [6, 6.07) is 0. The van der Waals surface area contributed by atoms with Crippen molar-refractivity contribution in [3.8, 4) is 0 Å². The third kappa shape index (κ3) is 4.19. The van der Waals surface area contributed by atoms with Crippen molar-refractivity contribution in [2.24, 2.45) is 11.8 Å². The van der Waals surface area contributed by atoms with Crippen LogP contribution in [-0.2, 0) is 9.53 Å². The second kappa shape index (κ2) is 7.59. The summed E-state index contributed by atoms with van der Waals surface area (Å²) in [5, 5.41) is 3.40. The van der Waals surface area contributed by atoms with Crippen molar-refractivity contribution < 1.29 is 9.53 Å². The zero-order chi connectivity index (χ0) is 15.3. The molecule has 2 fully saturated rings. The monoisotopic (exact) mass is 296 g/mol. The van der Waals surface area contributed by atoms with E-state index in [2.05, 4.69) is 17.1 Å². The Morgan fingerprint density at radius 3 is 2.52 bits per heavy atom. The molecule has 4 heteroatoms. The van der Waals surface area contributed by atoms with Crippen LogP contribution in [0.4, 0.5) is 0 Å². The van der Waals surface area contributed by atoms with Gasteiger partial charge in [0.2, 0.25) is 0 Å². The molecule has 0 radical (unpaired) electrons. The molecule has 1 aliphatic heterocycles. The number of ether oxygens (including phenoxy) is 1. The minimum absolute atomic E-state index is 0.0992. The first-order valence-electron chi connectivity index (χ1n) is 8.73. The van der Waals surface area contributed by atoms with Crippen LogP contribution >= 0.6 is 0 Å². The van der Waals surface area contributed by atoms with Crippen molar-refractivity contribution in [3.63, 3.8) is 0 Å². The number of esters is 1. The first-order chi connectivity index (χ1) is 10.1. The standard InChI is InChI=1S/C17H32N2O2/c1-4-10-18-17(3,16(20)21-5-2)9-11-19-12-14-7-6-8-15(14)13-19/h14-15,18H,4-13H2,1-3H3. The van der Waals surface area contributed by atoms with Crippen molar-refractivity contribution in [3.05, 3.63) is 0 Å². The predicted molar refractivity (Wildman–Crippen MR) is 85.2 cm³/mol. The molecule has 1 heterocycles. The highest BCUT2D eigenvalue weighted by Crippen LogP contribution is 2.37. The fourth-order valence-electron chi connectivity index (χ4n) is 3.85. The lowest BCUT2D eigenvalue weighted by molar-refractivity contribution is -0.151. The molecule has 1 aliphatic carbocycles. The summed E-state index contributed by atoms with van der Waals surface area (Å²) in [5.74, 6) is 1.74. The van der Waals surface area contributed by atoms with Gasteiger partial charge >= 0.3 is 5.97 Å². The Morgan fingerprint density at radius 2 is 1.95 bits per heavy atom. The van der Waals surface area contributed by atoms with Gasteiger partial charge in [0, 0.05) is 19.6 Å². The second-order valence-corrected chi connectivity index (χ2v) is 6.94. The fraction of sp³-hybridized carbons (Fsp3) is 0.941. The molecule has 0 bridgehead atoms. The molecule has 0 amide bonds. The lowest BCUT2D eigenvalue weighted by atomic mass is 9.97. The Bertz CT molecular complexity index is 336. The lowest BCUT2D eigenvalue weighted by Crippen LogP contribution is -2.52. The summed E-state index contributed by atoms with van der Waals surface area (Å²) in [4.78, 5) is 14.8. The number of nitrogens with zero attached hydrogens (tertiary/aromatic N) is 1. The highest BCUT2D eigenvalue weighted by Gasteiger charge is 2.38. The number of nitrogens with one attached hydrogen (secondary N) is 1. The number of fused-ring (bicyclic) bond motifs is 1. The number of carbonyl (C=O) groups is 1. The number of carbonyl (C=O) groups excluding carboxylic acids is 1. The molecule has 1 N–H and O–H groups in total. The van der Waals surface area contributed by atoms with Gasteiger partial charge in [-0.15, -0.1) is 0 Å². The summed E-state index contributed by atoms with van der Waals surface area (Å²) < 4.78 is 5.27. The zero-order valence-electron chi connectivity index (χ0n) is 14.0. The number of likely N-dealkylation sites (tertiary alicyclic amines) is 1. The molecule has 21 heavy (non-hydrogen) atoms. The Kier molecular flexibility index (Phi) is 6.06. The van der Waals surface area contributed by atoms with Crippen LogP contribution in [0, 0.1) is 11.8 Å². The molecule has 2 rings (SSSR count). The van der Waals surface area contributed by atoms with E-state index in [0.717, 1.165) is 37.8 Å². The average molecular weight is 296 g/mol. The Hall–Kier alpha value is -0.610. The number of hydrogen-bond donors (Lipinski definition) is 1. The maximum absolute atomic E-state index is 12.3. The summed E-state index contributed by atoms with van der Waals surface area (Å²) in [6.45, 7) is 10.8. The van der Waals surface area contributed by atoms with Gasteiger partial charge in [-0.25, -0.2) is 0 Å². The molecule has 122 valence electrons. The molecular formula is C17H32N2O2. The molecule has 0 aromatic heterocycles. The largest absolute Gasteiger partial charge is 0.465 e. The van der Waals surface area contributed by atoms with Gasteiger partial charge in [-0.05, 0) is 57.9 Å². The van der Waals surface area contributed by atoms with E-state index in [1.165, 1.54) is 32.4 Å². The van der Waals surface area contributed by atoms with Gasteiger partial charge in [0.05, 0.1) is 6.61 Å². The Balaban J connectivity index is 1.85. The van der Waals surface area contributed by atoms with Gasteiger partial charge < -0.3 is 15.0 Å². The van der Waals surface area contributed by atoms with Gasteiger partial charge in [-0.1, -0.05) is 13.3 Å². The number of hydrogen-bond acceptors (Lipinski definition) is 4. The minimum Gasteiger partial charge on any atom is -0.465 e. The fourth-order valence-corrected chi connectivity index (χ4v) is 3.85. The molecule has 0 aromatic rings. The molecule has 1 saturated carbocycles. The summed E-state index contributed by atoms with van der Waals surface area (Å²) in [6.07, 6.45) is 6.10. The van der Waals surface area contributed by atoms with Crippen LogP contribution in [0.1, 0.15) is 52.9 Å². The van der Waals surface area contributed by atoms with Gasteiger partial charge in [0.1, 0.15) is 5.54 Å². The van der Waals surface area contributed by atoms with Crippen molar-refractivity contribution in [1.29, 1.82) is 0 Å². The summed E-state index contributed by atoms with van der Waals surface area (Å²) in [5.41, 5.74) is -0.538. The highest BCUT2D eigenvalue weighted by atomic mass is 16.5. The first kappa shape index (κ1) is 16.8. The summed E-state index contributed by atoms with van der Waals surface area (Å²) >= 11 is 0. The highest BCUT2D eigenvalue weighted by molar-refractivity contribution is 5.80. The van der Waals surface area contributed by atoms with E-state index in [9.17, 15) is 4.79 Å².